The summed E-state index contributed by atoms with van der Waals surface area (Å²) in [6, 6.07) is 8.08. The molecule has 0 N–H and O–H groups in total. The largest absolute Gasteiger partial charge is 0.0919 e. The van der Waals surface area contributed by atoms with E-state index < -0.39 is 0 Å². The third-order valence-electron chi connectivity index (χ3n) is 1.70. The van der Waals surface area contributed by atoms with Crippen LogP contribution in [0.25, 0.3) is 12.7 Å². The molecule has 0 saturated carbocycles. The predicted octanol–water partition coefficient (Wildman–Crippen LogP) is 5.56. The second-order valence-electron chi connectivity index (χ2n) is 2.65. The smallest absolute Gasteiger partial charge is 0.0233 e. The van der Waals surface area contributed by atoms with Crippen molar-refractivity contribution in [2.45, 2.75) is 62.3 Å². The minimum atomic E-state index is 1.10. The summed E-state index contributed by atoms with van der Waals surface area (Å²) in [6.07, 6.45) is 6.06. The molecule has 0 heterocycles. The van der Waals surface area contributed by atoms with Gasteiger partial charge < -0.3 is 0 Å². The van der Waals surface area contributed by atoms with Crippen LogP contribution in [0, 0.1) is 0 Å². The minimum absolute atomic E-state index is 1.10. The van der Waals surface area contributed by atoms with Gasteiger partial charge in [-0.25, -0.2) is 0 Å². The van der Waals surface area contributed by atoms with E-state index in [-0.39, 0.29) is 0 Å². The van der Waals surface area contributed by atoms with Gasteiger partial charge in [-0.1, -0.05) is 90.6 Å². The maximum Gasteiger partial charge on any atom is -0.0233 e. The molecule has 0 heteroatoms. The molecule has 0 aliphatic carbocycles. The van der Waals surface area contributed by atoms with Crippen molar-refractivity contribution in [1.82, 2.24) is 0 Å². The highest BCUT2D eigenvalue weighted by molar-refractivity contribution is 5.23. The zero-order chi connectivity index (χ0) is 16.1. The van der Waals surface area contributed by atoms with Gasteiger partial charge in [0.1, 0.15) is 0 Å². The van der Waals surface area contributed by atoms with Gasteiger partial charge in [0, 0.05) is 0 Å². The van der Waals surface area contributed by atoms with Gasteiger partial charge in [-0.3, -0.25) is 0 Å². The molecule has 0 aromatic heterocycles. The highest BCUT2D eigenvalue weighted by atomic mass is 13.8. The zero-order valence-electron chi connectivity index (χ0n) is 14.7. The van der Waals surface area contributed by atoms with Crippen molar-refractivity contribution in [2.24, 2.45) is 0 Å². The van der Waals surface area contributed by atoms with Gasteiger partial charge >= 0.3 is 0 Å². The molecular formula is C19H36. The number of hydrogen-bond acceptors (Lipinski definition) is 0. The van der Waals surface area contributed by atoms with E-state index in [0.717, 1.165) is 5.22 Å². The molecule has 0 fully saturated rings. The third kappa shape index (κ3) is 22.4. The van der Waals surface area contributed by atoms with Crippen molar-refractivity contribution >= 4 is 12.7 Å². The van der Waals surface area contributed by atoms with E-state index in [1.54, 1.807) is 0 Å². The van der Waals surface area contributed by atoms with E-state index in [1.165, 1.54) is 5.22 Å². The van der Waals surface area contributed by atoms with Crippen molar-refractivity contribution < 1.29 is 0 Å². The van der Waals surface area contributed by atoms with E-state index in [0.29, 0.717) is 0 Å². The molecule has 0 radical (unpaired) electrons. The third-order valence-corrected chi connectivity index (χ3v) is 1.70. The Morgan fingerprint density at radius 3 is 1.32 bits per heavy atom. The van der Waals surface area contributed by atoms with Crippen molar-refractivity contribution in [3.8, 4) is 0 Å². The second-order valence-corrected chi connectivity index (χ2v) is 2.65. The minimum Gasteiger partial charge on any atom is -0.0919 e. The molecule has 0 atom stereocenters. The molecular weight excluding hydrogens is 228 g/mol. The average molecular weight is 264 g/mol. The lowest BCUT2D eigenvalue weighted by atomic mass is 10.2. The Morgan fingerprint density at radius 2 is 1.11 bits per heavy atom. The normalized spacial score (nSPS) is 8.58. The van der Waals surface area contributed by atoms with Crippen LogP contribution in [0.3, 0.4) is 0 Å². The molecule has 1 aromatic carbocycles. The second kappa shape index (κ2) is 30.1. The number of rotatable bonds is 0. The standard InChI is InChI=1S/C9H10.C4H8.3C2H6/c1-3-9-7-5-4-6-8(9)2;1-3-4-2;3*1-2/h3-7H,2H2,1H3;3-4H,1-2H3;3*1-2H3/b9-3-;4-3-;;;. The molecule has 0 saturated heterocycles. The Kier molecular flexibility index (Phi) is 41.6. The van der Waals surface area contributed by atoms with Crippen LogP contribution >= 0.6 is 0 Å². The van der Waals surface area contributed by atoms with Gasteiger partial charge in [0.2, 0.25) is 0 Å². The molecule has 112 valence electrons. The summed E-state index contributed by atoms with van der Waals surface area (Å²) in [5, 5.41) is 2.32. The summed E-state index contributed by atoms with van der Waals surface area (Å²) in [6.45, 7) is 21.9. The Labute approximate surface area is 122 Å². The molecule has 1 rings (SSSR count). The van der Waals surface area contributed by atoms with Gasteiger partial charge in [-0.05, 0) is 31.2 Å². The first-order valence-corrected chi connectivity index (χ1v) is 7.53. The maximum absolute atomic E-state index is 3.86. The summed E-state index contributed by atoms with van der Waals surface area (Å²) >= 11 is 0. The van der Waals surface area contributed by atoms with Gasteiger partial charge in [0.15, 0.2) is 0 Å². The van der Waals surface area contributed by atoms with Crippen molar-refractivity contribution in [2.75, 3.05) is 0 Å². The summed E-state index contributed by atoms with van der Waals surface area (Å²) < 4.78 is 0. The predicted molar refractivity (Wildman–Crippen MR) is 95.9 cm³/mol. The fraction of sp³-hybridized carbons (Fsp3) is 0.474. The number of allylic oxidation sites excluding steroid dienone is 2. The summed E-state index contributed by atoms with van der Waals surface area (Å²) in [7, 11) is 0. The maximum atomic E-state index is 3.86. The van der Waals surface area contributed by atoms with Crippen LogP contribution in [-0.4, -0.2) is 0 Å². The van der Waals surface area contributed by atoms with Crippen LogP contribution in [-0.2, 0) is 0 Å². The molecule has 0 bridgehead atoms. The molecule has 0 aliphatic rings. The van der Waals surface area contributed by atoms with Gasteiger partial charge in [0.05, 0.1) is 0 Å². The first-order valence-electron chi connectivity index (χ1n) is 7.53. The van der Waals surface area contributed by atoms with Crippen molar-refractivity contribution in [3.63, 3.8) is 0 Å². The Balaban J connectivity index is -0.0000000957. The first kappa shape index (κ1) is 26.3. The number of benzene rings is 1. The lowest BCUT2D eigenvalue weighted by Gasteiger charge is -1.82. The molecule has 1 aromatic rings. The van der Waals surface area contributed by atoms with E-state index in [2.05, 4.69) is 18.7 Å². The van der Waals surface area contributed by atoms with Gasteiger partial charge in [-0.2, -0.15) is 0 Å². The first-order chi connectivity index (χ1) is 9.26. The van der Waals surface area contributed by atoms with Gasteiger partial charge in [0.25, 0.3) is 0 Å². The SMILES string of the molecule is C/C=C\C.C=c1cccc/c1=C/C.CC.CC.CC. The van der Waals surface area contributed by atoms with E-state index in [9.17, 15) is 0 Å². The van der Waals surface area contributed by atoms with Crippen LogP contribution in [0.2, 0.25) is 0 Å². The topological polar surface area (TPSA) is 0 Å². The summed E-state index contributed by atoms with van der Waals surface area (Å²) in [4.78, 5) is 0. The fourth-order valence-corrected chi connectivity index (χ4v) is 0.816. The lowest BCUT2D eigenvalue weighted by Crippen LogP contribution is -2.20. The highest BCUT2D eigenvalue weighted by Crippen LogP contribution is 1.68. The zero-order valence-corrected chi connectivity index (χ0v) is 14.7. The molecule has 0 amide bonds. The average Bonchev–Trinajstić information content (AvgIpc) is 2.54. The van der Waals surface area contributed by atoms with Crippen molar-refractivity contribution in [1.29, 1.82) is 0 Å². The molecule has 0 aliphatic heterocycles. The molecule has 0 spiro atoms. The summed E-state index contributed by atoms with van der Waals surface area (Å²) in [5.74, 6) is 0. The van der Waals surface area contributed by atoms with E-state index >= 15 is 0 Å². The molecule has 19 heavy (non-hydrogen) atoms. The van der Waals surface area contributed by atoms with Crippen LogP contribution in [0.1, 0.15) is 62.3 Å². The molecule has 0 unspecified atom stereocenters. The molecule has 0 nitrogen and oxygen atoms in total. The Bertz CT molecular complexity index is 341. The van der Waals surface area contributed by atoms with Crippen LogP contribution < -0.4 is 10.4 Å². The van der Waals surface area contributed by atoms with Gasteiger partial charge in [-0.15, -0.1) is 0 Å². The fourth-order valence-electron chi connectivity index (χ4n) is 0.816. The van der Waals surface area contributed by atoms with E-state index in [1.807, 2.05) is 92.7 Å². The van der Waals surface area contributed by atoms with Crippen LogP contribution in [0.4, 0.5) is 0 Å². The lowest BCUT2D eigenvalue weighted by molar-refractivity contribution is 1.50. The van der Waals surface area contributed by atoms with Crippen LogP contribution in [0.5, 0.6) is 0 Å². The Morgan fingerprint density at radius 1 is 0.737 bits per heavy atom. The van der Waals surface area contributed by atoms with Crippen molar-refractivity contribution in [3.05, 3.63) is 46.9 Å². The van der Waals surface area contributed by atoms with E-state index in [4.69, 9.17) is 0 Å². The number of hydrogen-bond donors (Lipinski definition) is 0. The Hall–Kier alpha value is -1.30. The van der Waals surface area contributed by atoms with Crippen LogP contribution in [0.15, 0.2) is 36.4 Å². The monoisotopic (exact) mass is 264 g/mol. The quantitative estimate of drug-likeness (QED) is 0.538. The summed E-state index contributed by atoms with van der Waals surface area (Å²) in [5.41, 5.74) is 0. The highest BCUT2D eigenvalue weighted by Gasteiger charge is 1.74.